The molecule has 126 valence electrons. The SMILES string of the molecule is CNCCCNC(=O)CCn1c(=O)[nH]c(=O)c2ccccc21.Cl. The molecule has 23 heavy (non-hydrogen) atoms. The number of carbonyl (C=O) groups is 1. The van der Waals surface area contributed by atoms with Gasteiger partial charge in [0.25, 0.3) is 5.56 Å². The van der Waals surface area contributed by atoms with Crippen molar-refractivity contribution in [3.8, 4) is 0 Å². The second-order valence-electron chi connectivity index (χ2n) is 4.99. The van der Waals surface area contributed by atoms with Crippen molar-refractivity contribution in [3.63, 3.8) is 0 Å². The summed E-state index contributed by atoms with van der Waals surface area (Å²) in [5, 5.41) is 6.24. The summed E-state index contributed by atoms with van der Waals surface area (Å²) >= 11 is 0. The highest BCUT2D eigenvalue weighted by molar-refractivity contribution is 5.85. The van der Waals surface area contributed by atoms with Crippen LogP contribution >= 0.6 is 12.4 Å². The fraction of sp³-hybridized carbons (Fsp3) is 0.400. The molecule has 0 radical (unpaired) electrons. The highest BCUT2D eigenvalue weighted by atomic mass is 35.5. The number of para-hydroxylation sites is 1. The number of halogens is 1. The molecule has 0 atom stereocenters. The molecule has 1 heterocycles. The standard InChI is InChI=1S/C15H20N4O3.ClH/c1-16-8-4-9-17-13(20)7-10-19-12-6-3-2-5-11(12)14(21)18-15(19)22;/h2-3,5-6,16H,4,7-10H2,1H3,(H,17,20)(H,18,21,22);1H. The molecular weight excluding hydrogens is 320 g/mol. The molecule has 7 nitrogen and oxygen atoms in total. The number of benzene rings is 1. The molecule has 0 aliphatic carbocycles. The van der Waals surface area contributed by atoms with Crippen LogP contribution in [-0.2, 0) is 11.3 Å². The van der Waals surface area contributed by atoms with Crippen LogP contribution < -0.4 is 21.9 Å². The first kappa shape index (κ1) is 18.9. The van der Waals surface area contributed by atoms with E-state index in [-0.39, 0.29) is 31.3 Å². The minimum absolute atomic E-state index is 0. The van der Waals surface area contributed by atoms with E-state index in [1.807, 2.05) is 7.05 Å². The zero-order valence-electron chi connectivity index (χ0n) is 12.9. The van der Waals surface area contributed by atoms with E-state index in [1.54, 1.807) is 24.3 Å². The molecule has 8 heteroatoms. The van der Waals surface area contributed by atoms with Crippen molar-refractivity contribution in [2.75, 3.05) is 20.1 Å². The van der Waals surface area contributed by atoms with Crippen LogP contribution in [0.2, 0.25) is 0 Å². The van der Waals surface area contributed by atoms with Crippen molar-refractivity contribution in [2.45, 2.75) is 19.4 Å². The monoisotopic (exact) mass is 340 g/mol. The Balaban J connectivity index is 0.00000264. The van der Waals surface area contributed by atoms with Gasteiger partial charge in [0.15, 0.2) is 0 Å². The Kier molecular flexibility index (Phi) is 7.50. The number of carbonyl (C=O) groups excluding carboxylic acids is 1. The Hall–Kier alpha value is -2.12. The van der Waals surface area contributed by atoms with Gasteiger partial charge in [0.05, 0.1) is 10.9 Å². The molecule has 1 amide bonds. The predicted molar refractivity (Wildman–Crippen MR) is 92.2 cm³/mol. The molecule has 3 N–H and O–H groups in total. The third-order valence-corrected chi connectivity index (χ3v) is 3.39. The third kappa shape index (κ3) is 4.94. The van der Waals surface area contributed by atoms with Crippen LogP contribution in [0.3, 0.4) is 0 Å². The van der Waals surface area contributed by atoms with Gasteiger partial charge in [0, 0.05) is 19.5 Å². The van der Waals surface area contributed by atoms with Crippen LogP contribution in [0.25, 0.3) is 10.9 Å². The normalized spacial score (nSPS) is 10.3. The molecule has 2 rings (SSSR count). The number of aromatic nitrogens is 2. The van der Waals surface area contributed by atoms with Crippen LogP contribution in [0.15, 0.2) is 33.9 Å². The lowest BCUT2D eigenvalue weighted by Gasteiger charge is -2.09. The maximum Gasteiger partial charge on any atom is 0.328 e. The van der Waals surface area contributed by atoms with Gasteiger partial charge in [-0.2, -0.15) is 0 Å². The third-order valence-electron chi connectivity index (χ3n) is 3.39. The van der Waals surface area contributed by atoms with Gasteiger partial charge < -0.3 is 10.6 Å². The fourth-order valence-corrected chi connectivity index (χ4v) is 2.26. The van der Waals surface area contributed by atoms with Crippen molar-refractivity contribution in [2.24, 2.45) is 0 Å². The molecular formula is C15H21ClN4O3. The Morgan fingerprint density at radius 1 is 1.22 bits per heavy atom. The molecule has 0 spiro atoms. The quantitative estimate of drug-likeness (QED) is 0.629. The van der Waals surface area contributed by atoms with Gasteiger partial charge in [-0.3, -0.25) is 19.1 Å². The van der Waals surface area contributed by atoms with Gasteiger partial charge in [-0.1, -0.05) is 12.1 Å². The van der Waals surface area contributed by atoms with Gasteiger partial charge in [-0.05, 0) is 32.1 Å². The topological polar surface area (TPSA) is 96.0 Å². The highest BCUT2D eigenvalue weighted by Crippen LogP contribution is 2.06. The average molecular weight is 341 g/mol. The number of nitrogens with one attached hydrogen (secondary N) is 3. The highest BCUT2D eigenvalue weighted by Gasteiger charge is 2.08. The van der Waals surface area contributed by atoms with E-state index in [0.29, 0.717) is 17.4 Å². The summed E-state index contributed by atoms with van der Waals surface area (Å²) in [6.07, 6.45) is 1.04. The number of fused-ring (bicyclic) bond motifs is 1. The number of amides is 1. The van der Waals surface area contributed by atoms with E-state index < -0.39 is 11.2 Å². The first-order chi connectivity index (χ1) is 10.6. The zero-order valence-corrected chi connectivity index (χ0v) is 13.7. The van der Waals surface area contributed by atoms with E-state index in [9.17, 15) is 14.4 Å². The number of aryl methyl sites for hydroxylation is 1. The van der Waals surface area contributed by atoms with E-state index in [1.165, 1.54) is 4.57 Å². The summed E-state index contributed by atoms with van der Waals surface area (Å²) in [5.74, 6) is -0.113. The second kappa shape index (κ2) is 9.12. The molecule has 1 aromatic carbocycles. The first-order valence-corrected chi connectivity index (χ1v) is 7.26. The largest absolute Gasteiger partial charge is 0.356 e. The second-order valence-corrected chi connectivity index (χ2v) is 4.99. The summed E-state index contributed by atoms with van der Waals surface area (Å²) in [7, 11) is 1.86. The van der Waals surface area contributed by atoms with Crippen LogP contribution in [0.5, 0.6) is 0 Å². The predicted octanol–water partition coefficient (Wildman–Crippen LogP) is 0.227. The molecule has 0 saturated carbocycles. The molecule has 0 bridgehead atoms. The van der Waals surface area contributed by atoms with Gasteiger partial charge in [0.2, 0.25) is 5.91 Å². The fourth-order valence-electron chi connectivity index (χ4n) is 2.26. The minimum atomic E-state index is -0.494. The summed E-state index contributed by atoms with van der Waals surface area (Å²) in [6, 6.07) is 6.86. The molecule has 0 fully saturated rings. The molecule has 2 aromatic rings. The number of nitrogens with zero attached hydrogens (tertiary/aromatic N) is 1. The van der Waals surface area contributed by atoms with Gasteiger partial charge in [-0.25, -0.2) is 4.79 Å². The summed E-state index contributed by atoms with van der Waals surface area (Å²) < 4.78 is 1.42. The smallest absolute Gasteiger partial charge is 0.328 e. The van der Waals surface area contributed by atoms with Crippen molar-refractivity contribution >= 4 is 29.2 Å². The Morgan fingerprint density at radius 3 is 2.70 bits per heavy atom. The summed E-state index contributed by atoms with van der Waals surface area (Å²) in [6.45, 7) is 1.67. The Morgan fingerprint density at radius 2 is 1.96 bits per heavy atom. The molecule has 1 aromatic heterocycles. The lowest BCUT2D eigenvalue weighted by molar-refractivity contribution is -0.121. The number of aromatic amines is 1. The number of rotatable bonds is 7. The van der Waals surface area contributed by atoms with Gasteiger partial charge in [0.1, 0.15) is 0 Å². The lowest BCUT2D eigenvalue weighted by atomic mass is 10.2. The van der Waals surface area contributed by atoms with Crippen LogP contribution in [0.1, 0.15) is 12.8 Å². The Bertz CT molecular complexity index is 769. The maximum absolute atomic E-state index is 11.9. The first-order valence-electron chi connectivity index (χ1n) is 7.26. The van der Waals surface area contributed by atoms with Gasteiger partial charge in [-0.15, -0.1) is 12.4 Å². The van der Waals surface area contributed by atoms with E-state index in [2.05, 4.69) is 15.6 Å². The van der Waals surface area contributed by atoms with Crippen LogP contribution in [-0.4, -0.2) is 35.6 Å². The minimum Gasteiger partial charge on any atom is -0.356 e. The Labute approximate surface area is 139 Å². The van der Waals surface area contributed by atoms with E-state index >= 15 is 0 Å². The van der Waals surface area contributed by atoms with Crippen molar-refractivity contribution in [1.29, 1.82) is 0 Å². The molecule has 0 aliphatic heterocycles. The number of H-pyrrole nitrogens is 1. The number of hydrogen-bond acceptors (Lipinski definition) is 4. The zero-order chi connectivity index (χ0) is 15.9. The van der Waals surface area contributed by atoms with Crippen LogP contribution in [0.4, 0.5) is 0 Å². The lowest BCUT2D eigenvalue weighted by Crippen LogP contribution is -2.33. The van der Waals surface area contributed by atoms with Crippen molar-refractivity contribution in [3.05, 3.63) is 45.1 Å². The molecule has 0 unspecified atom stereocenters. The van der Waals surface area contributed by atoms with Crippen molar-refractivity contribution in [1.82, 2.24) is 20.2 Å². The van der Waals surface area contributed by atoms with Crippen molar-refractivity contribution < 1.29 is 4.79 Å². The maximum atomic E-state index is 11.9. The number of hydrogen-bond donors (Lipinski definition) is 3. The summed E-state index contributed by atoms with van der Waals surface area (Å²) in [4.78, 5) is 37.7. The van der Waals surface area contributed by atoms with E-state index in [4.69, 9.17) is 0 Å². The molecule has 0 saturated heterocycles. The summed E-state index contributed by atoms with van der Waals surface area (Å²) in [5.41, 5.74) is -0.362. The van der Waals surface area contributed by atoms with Gasteiger partial charge >= 0.3 is 5.69 Å². The molecule has 0 aliphatic rings. The van der Waals surface area contributed by atoms with E-state index in [0.717, 1.165) is 13.0 Å². The average Bonchev–Trinajstić information content (AvgIpc) is 2.51. The van der Waals surface area contributed by atoms with Crippen LogP contribution in [0, 0.1) is 0 Å².